The Labute approximate surface area is 115 Å². The Hall–Kier alpha value is -1.53. The molecule has 0 spiro atoms. The Balaban J connectivity index is 2.10. The molecule has 0 saturated carbocycles. The molecule has 102 valence electrons. The first kappa shape index (κ1) is 13.9. The van der Waals surface area contributed by atoms with Crippen LogP contribution in [0.3, 0.4) is 0 Å². The van der Waals surface area contributed by atoms with Crippen molar-refractivity contribution in [1.29, 1.82) is 5.26 Å². The summed E-state index contributed by atoms with van der Waals surface area (Å²) in [5.41, 5.74) is 0.801. The van der Waals surface area contributed by atoms with Crippen molar-refractivity contribution in [3.63, 3.8) is 0 Å². The summed E-state index contributed by atoms with van der Waals surface area (Å²) in [4.78, 5) is 0. The number of hydrogen-bond acceptors (Lipinski definition) is 3. The predicted octanol–water partition coefficient (Wildman–Crippen LogP) is 2.87. The summed E-state index contributed by atoms with van der Waals surface area (Å²) in [6.45, 7) is 6.83. The van der Waals surface area contributed by atoms with Crippen LogP contribution in [0.15, 0.2) is 24.3 Å². The van der Waals surface area contributed by atoms with Crippen molar-refractivity contribution in [2.24, 2.45) is 5.92 Å². The molecule has 1 heterocycles. The van der Waals surface area contributed by atoms with Gasteiger partial charge in [-0.25, -0.2) is 0 Å². The molecule has 0 radical (unpaired) electrons. The van der Waals surface area contributed by atoms with Gasteiger partial charge in [0.1, 0.15) is 5.75 Å². The average Bonchev–Trinajstić information content (AvgIpc) is 2.46. The average molecular weight is 258 g/mol. The zero-order valence-electron chi connectivity index (χ0n) is 11.8. The third-order valence-electron chi connectivity index (χ3n) is 3.66. The molecular formula is C16H22N2O. The van der Waals surface area contributed by atoms with Crippen molar-refractivity contribution in [2.45, 2.75) is 32.1 Å². The van der Waals surface area contributed by atoms with Gasteiger partial charge in [-0.05, 0) is 49.5 Å². The molecule has 1 saturated heterocycles. The highest BCUT2D eigenvalue weighted by Gasteiger charge is 2.33. The Kier molecular flexibility index (Phi) is 4.44. The fraction of sp³-hybridized carbons (Fsp3) is 0.562. The smallest absolute Gasteiger partial charge is 0.119 e. The van der Waals surface area contributed by atoms with Gasteiger partial charge in [-0.1, -0.05) is 26.0 Å². The van der Waals surface area contributed by atoms with Crippen LogP contribution in [0, 0.1) is 17.2 Å². The fourth-order valence-electron chi connectivity index (χ4n) is 2.45. The predicted molar refractivity (Wildman–Crippen MR) is 76.2 cm³/mol. The van der Waals surface area contributed by atoms with Crippen LogP contribution in [-0.2, 0) is 5.41 Å². The maximum atomic E-state index is 9.53. The lowest BCUT2D eigenvalue weighted by atomic mass is 9.74. The van der Waals surface area contributed by atoms with E-state index in [2.05, 4.69) is 25.2 Å². The number of hydrogen-bond donors (Lipinski definition) is 1. The normalized spacial score (nSPS) is 18.0. The fourth-order valence-corrected chi connectivity index (χ4v) is 2.45. The van der Waals surface area contributed by atoms with E-state index in [9.17, 15) is 5.26 Å². The zero-order chi connectivity index (χ0) is 13.7. The van der Waals surface area contributed by atoms with Gasteiger partial charge >= 0.3 is 0 Å². The minimum Gasteiger partial charge on any atom is -0.493 e. The molecule has 1 fully saturated rings. The molecular weight excluding hydrogens is 236 g/mol. The second-order valence-corrected chi connectivity index (χ2v) is 5.67. The summed E-state index contributed by atoms with van der Waals surface area (Å²) in [6, 6.07) is 10.6. The molecule has 1 N–H and O–H groups in total. The van der Waals surface area contributed by atoms with Crippen LogP contribution < -0.4 is 10.1 Å². The molecule has 2 rings (SSSR count). The number of nitriles is 1. The summed E-state index contributed by atoms with van der Waals surface area (Å²) < 4.78 is 5.68. The van der Waals surface area contributed by atoms with Crippen LogP contribution >= 0.6 is 0 Å². The highest BCUT2D eigenvalue weighted by molar-refractivity contribution is 5.37. The van der Waals surface area contributed by atoms with Gasteiger partial charge in [0.05, 0.1) is 18.1 Å². The van der Waals surface area contributed by atoms with Gasteiger partial charge in [-0.15, -0.1) is 0 Å². The largest absolute Gasteiger partial charge is 0.493 e. The minimum atomic E-state index is -0.318. The van der Waals surface area contributed by atoms with Gasteiger partial charge < -0.3 is 10.1 Å². The zero-order valence-corrected chi connectivity index (χ0v) is 11.8. The molecule has 0 unspecified atom stereocenters. The second kappa shape index (κ2) is 6.08. The highest BCUT2D eigenvalue weighted by Crippen LogP contribution is 2.33. The maximum absolute atomic E-state index is 9.53. The number of nitrogens with zero attached hydrogens (tertiary/aromatic N) is 1. The lowest BCUT2D eigenvalue weighted by Crippen LogP contribution is -2.38. The lowest BCUT2D eigenvalue weighted by Gasteiger charge is -2.31. The molecule has 1 aliphatic heterocycles. The molecule has 0 aliphatic carbocycles. The first-order valence-electron chi connectivity index (χ1n) is 7.01. The standard InChI is InChI=1S/C16H22N2O/c1-13(2)11-19-15-5-3-14(4-6-15)16(12-17)7-9-18-10-8-16/h3-6,13,18H,7-11H2,1-2H3. The highest BCUT2D eigenvalue weighted by atomic mass is 16.5. The Morgan fingerprint density at radius 2 is 1.89 bits per heavy atom. The summed E-state index contributed by atoms with van der Waals surface area (Å²) in [5.74, 6) is 1.41. The van der Waals surface area contributed by atoms with Crippen LogP contribution in [0.2, 0.25) is 0 Å². The van der Waals surface area contributed by atoms with Crippen LogP contribution in [0.5, 0.6) is 5.75 Å². The molecule has 1 aromatic rings. The first-order chi connectivity index (χ1) is 9.16. The molecule has 0 amide bonds. The van der Waals surface area contributed by atoms with Crippen LogP contribution in [0.25, 0.3) is 0 Å². The Morgan fingerprint density at radius 1 is 1.26 bits per heavy atom. The molecule has 0 bridgehead atoms. The third kappa shape index (κ3) is 3.27. The Morgan fingerprint density at radius 3 is 2.42 bits per heavy atom. The maximum Gasteiger partial charge on any atom is 0.119 e. The molecule has 0 aromatic heterocycles. The van der Waals surface area contributed by atoms with Gasteiger partial charge in [0, 0.05) is 0 Å². The van der Waals surface area contributed by atoms with E-state index in [4.69, 9.17) is 4.74 Å². The Bertz CT molecular complexity index is 439. The molecule has 3 nitrogen and oxygen atoms in total. The van der Waals surface area contributed by atoms with E-state index in [-0.39, 0.29) is 5.41 Å². The van der Waals surface area contributed by atoms with Crippen LogP contribution in [0.1, 0.15) is 32.3 Å². The lowest BCUT2D eigenvalue weighted by molar-refractivity contribution is 0.271. The monoisotopic (exact) mass is 258 g/mol. The summed E-state index contributed by atoms with van der Waals surface area (Å²) in [7, 11) is 0. The number of benzene rings is 1. The minimum absolute atomic E-state index is 0.318. The van der Waals surface area contributed by atoms with E-state index >= 15 is 0 Å². The van der Waals surface area contributed by atoms with E-state index in [1.54, 1.807) is 0 Å². The van der Waals surface area contributed by atoms with Crippen molar-refractivity contribution < 1.29 is 4.74 Å². The molecule has 19 heavy (non-hydrogen) atoms. The summed E-state index contributed by atoms with van der Waals surface area (Å²) >= 11 is 0. The SMILES string of the molecule is CC(C)COc1ccc(C2(C#N)CCNCC2)cc1. The van der Waals surface area contributed by atoms with Gasteiger partial charge in [-0.2, -0.15) is 5.26 Å². The number of ether oxygens (including phenoxy) is 1. The van der Waals surface area contributed by atoms with Crippen molar-refractivity contribution in [3.05, 3.63) is 29.8 Å². The van der Waals surface area contributed by atoms with E-state index in [0.717, 1.165) is 43.9 Å². The molecule has 1 aliphatic rings. The number of nitrogens with one attached hydrogen (secondary N) is 1. The van der Waals surface area contributed by atoms with Crippen molar-refractivity contribution >= 4 is 0 Å². The molecule has 3 heteroatoms. The topological polar surface area (TPSA) is 45.0 Å². The van der Waals surface area contributed by atoms with Gasteiger partial charge in [0.2, 0.25) is 0 Å². The van der Waals surface area contributed by atoms with E-state index < -0.39 is 0 Å². The first-order valence-corrected chi connectivity index (χ1v) is 7.01. The third-order valence-corrected chi connectivity index (χ3v) is 3.66. The van der Waals surface area contributed by atoms with Crippen molar-refractivity contribution in [2.75, 3.05) is 19.7 Å². The molecule has 1 aromatic carbocycles. The van der Waals surface area contributed by atoms with Gasteiger partial charge in [0.15, 0.2) is 0 Å². The van der Waals surface area contributed by atoms with Crippen LogP contribution in [-0.4, -0.2) is 19.7 Å². The summed E-state index contributed by atoms with van der Waals surface area (Å²) in [5, 5.41) is 12.8. The second-order valence-electron chi connectivity index (χ2n) is 5.67. The van der Waals surface area contributed by atoms with Crippen LogP contribution in [0.4, 0.5) is 0 Å². The van der Waals surface area contributed by atoms with E-state index in [1.807, 2.05) is 24.3 Å². The van der Waals surface area contributed by atoms with Crippen molar-refractivity contribution in [3.8, 4) is 11.8 Å². The van der Waals surface area contributed by atoms with Crippen molar-refractivity contribution in [1.82, 2.24) is 5.32 Å². The number of rotatable bonds is 4. The van der Waals surface area contributed by atoms with E-state index in [0.29, 0.717) is 5.92 Å². The summed E-state index contributed by atoms with van der Waals surface area (Å²) in [6.07, 6.45) is 1.77. The van der Waals surface area contributed by atoms with E-state index in [1.165, 1.54) is 0 Å². The van der Waals surface area contributed by atoms with Gasteiger partial charge in [-0.3, -0.25) is 0 Å². The number of piperidine rings is 1. The quantitative estimate of drug-likeness (QED) is 0.903. The van der Waals surface area contributed by atoms with Gasteiger partial charge in [0.25, 0.3) is 0 Å². The molecule has 0 atom stereocenters.